The lowest BCUT2D eigenvalue weighted by atomic mass is 10.1. The zero-order valence-electron chi connectivity index (χ0n) is 13.6. The van der Waals surface area contributed by atoms with E-state index in [-0.39, 0.29) is 0 Å². The Morgan fingerprint density at radius 3 is 2.05 bits per heavy atom. The molecule has 7 nitrogen and oxygen atoms in total. The van der Waals surface area contributed by atoms with Crippen LogP contribution < -0.4 is 0 Å². The fourth-order valence-corrected chi connectivity index (χ4v) is 5.05. The predicted molar refractivity (Wildman–Crippen MR) is 85.0 cm³/mol. The van der Waals surface area contributed by atoms with Gasteiger partial charge in [-0.3, -0.25) is 9.80 Å². The first-order valence-electron chi connectivity index (χ1n) is 8.29. The summed E-state index contributed by atoms with van der Waals surface area (Å²) in [5, 5.41) is 0. The summed E-state index contributed by atoms with van der Waals surface area (Å²) < 4.78 is 33.4. The molecule has 3 aliphatic rings. The van der Waals surface area contributed by atoms with Crippen molar-refractivity contribution in [1.29, 1.82) is 0 Å². The van der Waals surface area contributed by atoms with Crippen molar-refractivity contribution in [3.05, 3.63) is 0 Å². The third kappa shape index (κ3) is 3.32. The highest BCUT2D eigenvalue weighted by Gasteiger charge is 2.42. The molecule has 128 valence electrons. The fourth-order valence-electron chi connectivity index (χ4n) is 3.40. The van der Waals surface area contributed by atoms with Crippen LogP contribution in [0.5, 0.6) is 0 Å². The molecule has 3 rings (SSSR count). The number of nitrogens with zero attached hydrogens (tertiary/aromatic N) is 4. The van der Waals surface area contributed by atoms with Gasteiger partial charge in [0.2, 0.25) is 0 Å². The van der Waals surface area contributed by atoms with Gasteiger partial charge in [-0.2, -0.15) is 17.0 Å². The first-order chi connectivity index (χ1) is 10.5. The van der Waals surface area contributed by atoms with Gasteiger partial charge in [0.05, 0.1) is 13.2 Å². The summed E-state index contributed by atoms with van der Waals surface area (Å²) in [6, 6.07) is 0.992. The Kier molecular flexibility index (Phi) is 5.06. The lowest BCUT2D eigenvalue weighted by Crippen LogP contribution is -2.66. The van der Waals surface area contributed by atoms with E-state index in [4.69, 9.17) is 4.74 Å². The van der Waals surface area contributed by atoms with E-state index in [9.17, 15) is 8.42 Å². The number of ether oxygens (including phenoxy) is 1. The van der Waals surface area contributed by atoms with Crippen LogP contribution in [0.3, 0.4) is 0 Å². The molecule has 0 unspecified atom stereocenters. The zero-order valence-corrected chi connectivity index (χ0v) is 14.5. The minimum Gasteiger partial charge on any atom is -0.379 e. The Bertz CT molecular complexity index is 464. The molecule has 8 heteroatoms. The summed E-state index contributed by atoms with van der Waals surface area (Å²) in [6.07, 6.45) is 0. The second-order valence-electron chi connectivity index (χ2n) is 6.66. The van der Waals surface area contributed by atoms with E-state index in [0.29, 0.717) is 51.5 Å². The van der Waals surface area contributed by atoms with Crippen molar-refractivity contribution in [3.8, 4) is 0 Å². The average molecular weight is 332 g/mol. The van der Waals surface area contributed by atoms with Crippen LogP contribution in [0.1, 0.15) is 13.8 Å². The van der Waals surface area contributed by atoms with Crippen molar-refractivity contribution < 1.29 is 13.2 Å². The van der Waals surface area contributed by atoms with E-state index in [1.165, 1.54) is 0 Å². The van der Waals surface area contributed by atoms with Crippen molar-refractivity contribution in [1.82, 2.24) is 18.4 Å². The maximum absolute atomic E-state index is 12.5. The highest BCUT2D eigenvalue weighted by molar-refractivity contribution is 7.86. The molecule has 0 aromatic rings. The maximum Gasteiger partial charge on any atom is 0.282 e. The SMILES string of the molecule is CC(C)N1CCN(C2CN(S(=O)(=O)N3CCOCC3)C2)CC1. The second kappa shape index (κ2) is 6.70. The predicted octanol–water partition coefficient (Wildman–Crippen LogP) is -0.726. The van der Waals surface area contributed by atoms with Gasteiger partial charge in [0, 0.05) is 64.4 Å². The van der Waals surface area contributed by atoms with Gasteiger partial charge in [-0.05, 0) is 13.8 Å². The van der Waals surface area contributed by atoms with Crippen molar-refractivity contribution in [2.75, 3.05) is 65.6 Å². The molecular formula is C14H28N4O3S. The standard InChI is InChI=1S/C14H28N4O3S/c1-13(2)15-3-5-16(6-4-15)14-11-18(12-14)22(19,20)17-7-9-21-10-8-17/h13-14H,3-12H2,1-2H3. The molecule has 0 N–H and O–H groups in total. The largest absolute Gasteiger partial charge is 0.379 e. The molecular weight excluding hydrogens is 304 g/mol. The topological polar surface area (TPSA) is 56.3 Å². The van der Waals surface area contributed by atoms with Crippen molar-refractivity contribution in [2.24, 2.45) is 0 Å². The van der Waals surface area contributed by atoms with Crippen LogP contribution in [0.2, 0.25) is 0 Å². The average Bonchev–Trinajstić information content (AvgIpc) is 2.47. The van der Waals surface area contributed by atoms with Gasteiger partial charge >= 0.3 is 0 Å². The third-order valence-electron chi connectivity index (χ3n) is 5.05. The molecule has 0 spiro atoms. The molecule has 0 bridgehead atoms. The number of piperazine rings is 1. The molecule has 0 amide bonds. The molecule has 22 heavy (non-hydrogen) atoms. The normalized spacial score (nSPS) is 28.1. The maximum atomic E-state index is 12.5. The Balaban J connectivity index is 1.48. The summed E-state index contributed by atoms with van der Waals surface area (Å²) in [7, 11) is -3.27. The lowest BCUT2D eigenvalue weighted by molar-refractivity contribution is 0.0254. The van der Waals surface area contributed by atoms with Gasteiger partial charge < -0.3 is 4.74 Å². The summed E-state index contributed by atoms with van der Waals surface area (Å²) in [5.74, 6) is 0. The van der Waals surface area contributed by atoms with E-state index in [1.807, 2.05) is 0 Å². The fraction of sp³-hybridized carbons (Fsp3) is 1.00. The number of morpholine rings is 1. The Hall–Kier alpha value is -0.250. The first-order valence-corrected chi connectivity index (χ1v) is 9.69. The van der Waals surface area contributed by atoms with Crippen molar-refractivity contribution in [2.45, 2.75) is 25.9 Å². The van der Waals surface area contributed by atoms with Crippen LogP contribution in [0.15, 0.2) is 0 Å². The van der Waals surface area contributed by atoms with Crippen LogP contribution in [0.4, 0.5) is 0 Å². The summed E-state index contributed by atoms with van der Waals surface area (Å²) in [4.78, 5) is 4.93. The Morgan fingerprint density at radius 2 is 1.50 bits per heavy atom. The van der Waals surface area contributed by atoms with Gasteiger partial charge in [-0.15, -0.1) is 0 Å². The third-order valence-corrected chi connectivity index (χ3v) is 7.02. The molecule has 0 aromatic heterocycles. The number of hydrogen-bond donors (Lipinski definition) is 0. The van der Waals surface area contributed by atoms with E-state index >= 15 is 0 Å². The highest BCUT2D eigenvalue weighted by atomic mass is 32.2. The first kappa shape index (κ1) is 16.6. The van der Waals surface area contributed by atoms with Crippen molar-refractivity contribution >= 4 is 10.2 Å². The molecule has 0 atom stereocenters. The van der Waals surface area contributed by atoms with E-state index in [2.05, 4.69) is 23.6 Å². The number of rotatable bonds is 4. The summed E-state index contributed by atoms with van der Waals surface area (Å²) in [6.45, 7) is 12.0. The summed E-state index contributed by atoms with van der Waals surface area (Å²) in [5.41, 5.74) is 0. The van der Waals surface area contributed by atoms with Gasteiger partial charge in [0.15, 0.2) is 0 Å². The van der Waals surface area contributed by atoms with E-state index in [0.717, 1.165) is 26.2 Å². The molecule has 0 aromatic carbocycles. The minimum atomic E-state index is -3.27. The molecule has 3 aliphatic heterocycles. The molecule has 3 fully saturated rings. The van der Waals surface area contributed by atoms with Crippen LogP contribution >= 0.6 is 0 Å². The molecule has 3 heterocycles. The molecule has 3 saturated heterocycles. The summed E-state index contributed by atoms with van der Waals surface area (Å²) >= 11 is 0. The molecule has 0 aliphatic carbocycles. The van der Waals surface area contributed by atoms with E-state index < -0.39 is 10.2 Å². The molecule has 0 radical (unpaired) electrons. The highest BCUT2D eigenvalue weighted by Crippen LogP contribution is 2.23. The van der Waals surface area contributed by atoms with Gasteiger partial charge in [0.1, 0.15) is 0 Å². The minimum absolute atomic E-state index is 0.394. The monoisotopic (exact) mass is 332 g/mol. The molecule has 0 saturated carbocycles. The van der Waals surface area contributed by atoms with Crippen LogP contribution in [0, 0.1) is 0 Å². The van der Waals surface area contributed by atoms with E-state index in [1.54, 1.807) is 8.61 Å². The Labute approximate surface area is 134 Å². The number of hydrogen-bond acceptors (Lipinski definition) is 5. The lowest BCUT2D eigenvalue weighted by Gasteiger charge is -2.49. The Morgan fingerprint density at radius 1 is 0.909 bits per heavy atom. The second-order valence-corrected chi connectivity index (χ2v) is 8.58. The van der Waals surface area contributed by atoms with Crippen LogP contribution in [0.25, 0.3) is 0 Å². The van der Waals surface area contributed by atoms with Gasteiger partial charge in [0.25, 0.3) is 10.2 Å². The van der Waals surface area contributed by atoms with Crippen molar-refractivity contribution in [3.63, 3.8) is 0 Å². The quantitative estimate of drug-likeness (QED) is 0.680. The van der Waals surface area contributed by atoms with Crippen LogP contribution in [-0.2, 0) is 14.9 Å². The van der Waals surface area contributed by atoms with Crippen LogP contribution in [-0.4, -0.2) is 104 Å². The zero-order chi connectivity index (χ0) is 15.7. The van der Waals surface area contributed by atoms with Gasteiger partial charge in [-0.1, -0.05) is 0 Å². The van der Waals surface area contributed by atoms with Gasteiger partial charge in [-0.25, -0.2) is 0 Å². The smallest absolute Gasteiger partial charge is 0.282 e.